The Hall–Kier alpha value is -0.860. The first-order valence-corrected chi connectivity index (χ1v) is 6.20. The van der Waals surface area contributed by atoms with Gasteiger partial charge in [0.2, 0.25) is 5.52 Å². The molecule has 0 fully saturated rings. The molecule has 1 aromatic heterocycles. The molecule has 1 nitrogen and oxygen atoms in total. The first-order chi connectivity index (χ1) is 7.26. The van der Waals surface area contributed by atoms with Crippen molar-refractivity contribution in [2.24, 2.45) is 0 Å². The van der Waals surface area contributed by atoms with Crippen LogP contribution in [0.25, 0.3) is 16.3 Å². The SMILES string of the molecule is C/C=C/c1sc2ccc(Cl)cc2[n+]1CC. The number of nitrogens with zero attached hydrogens (tertiary/aromatic N) is 1. The third-order valence-corrected chi connectivity index (χ3v) is 3.68. The molecule has 1 aromatic carbocycles. The van der Waals surface area contributed by atoms with Gasteiger partial charge in [-0.05, 0) is 26.0 Å². The molecule has 15 heavy (non-hydrogen) atoms. The van der Waals surface area contributed by atoms with Crippen LogP contribution in [-0.4, -0.2) is 0 Å². The molecule has 3 heteroatoms. The third kappa shape index (κ3) is 1.92. The molecule has 0 bridgehead atoms. The minimum atomic E-state index is 0.800. The second-order valence-corrected chi connectivity index (χ2v) is 4.80. The Bertz CT molecular complexity index is 514. The van der Waals surface area contributed by atoms with E-state index in [0.29, 0.717) is 0 Å². The number of thiazole rings is 1. The number of benzene rings is 1. The molecule has 0 amide bonds. The van der Waals surface area contributed by atoms with Crippen LogP contribution in [0.15, 0.2) is 24.3 Å². The molecule has 1 heterocycles. The molecule has 0 aliphatic rings. The van der Waals surface area contributed by atoms with Gasteiger partial charge in [0.25, 0.3) is 5.01 Å². The number of halogens is 1. The number of allylic oxidation sites excluding steroid dienone is 1. The van der Waals surface area contributed by atoms with Crippen molar-refractivity contribution in [3.05, 3.63) is 34.3 Å². The van der Waals surface area contributed by atoms with Gasteiger partial charge in [-0.3, -0.25) is 0 Å². The maximum atomic E-state index is 6.01. The van der Waals surface area contributed by atoms with E-state index in [4.69, 9.17) is 11.6 Å². The van der Waals surface area contributed by atoms with Crippen LogP contribution in [0, 0.1) is 0 Å². The van der Waals surface area contributed by atoms with Gasteiger partial charge in [0.05, 0.1) is 0 Å². The lowest BCUT2D eigenvalue weighted by Gasteiger charge is -1.91. The maximum Gasteiger partial charge on any atom is 0.262 e. The van der Waals surface area contributed by atoms with E-state index in [1.807, 2.05) is 19.1 Å². The van der Waals surface area contributed by atoms with Gasteiger partial charge in [0, 0.05) is 17.2 Å². The molecule has 0 spiro atoms. The molecule has 0 N–H and O–H groups in total. The zero-order chi connectivity index (χ0) is 10.8. The molecular formula is C12H13ClNS+. The highest BCUT2D eigenvalue weighted by Crippen LogP contribution is 2.24. The fourth-order valence-electron chi connectivity index (χ4n) is 1.67. The zero-order valence-electron chi connectivity index (χ0n) is 8.83. The smallest absolute Gasteiger partial charge is 0.182 e. The number of hydrogen-bond acceptors (Lipinski definition) is 1. The molecule has 0 aliphatic heterocycles. The van der Waals surface area contributed by atoms with Gasteiger partial charge >= 0.3 is 0 Å². The first kappa shape index (κ1) is 10.7. The molecule has 2 aromatic rings. The van der Waals surface area contributed by atoms with Crippen LogP contribution in [0.4, 0.5) is 0 Å². The van der Waals surface area contributed by atoms with Crippen molar-refractivity contribution in [3.63, 3.8) is 0 Å². The lowest BCUT2D eigenvalue weighted by atomic mass is 10.3. The second kappa shape index (κ2) is 4.33. The van der Waals surface area contributed by atoms with Gasteiger partial charge in [-0.1, -0.05) is 29.0 Å². The standard InChI is InChI=1S/C12H13ClNS/c1-3-5-12-14(4-2)10-8-9(13)6-7-11(10)15-12/h3,5-8H,4H2,1-2H3/q+1/b5-3+. The van der Waals surface area contributed by atoms with Crippen molar-refractivity contribution in [3.8, 4) is 0 Å². The zero-order valence-corrected chi connectivity index (χ0v) is 10.4. The predicted octanol–water partition coefficient (Wildman–Crippen LogP) is 3.90. The minimum Gasteiger partial charge on any atom is -0.182 e. The third-order valence-electron chi connectivity index (χ3n) is 2.32. The van der Waals surface area contributed by atoms with Gasteiger partial charge in [0.1, 0.15) is 11.2 Å². The first-order valence-electron chi connectivity index (χ1n) is 5.01. The topological polar surface area (TPSA) is 3.88 Å². The monoisotopic (exact) mass is 238 g/mol. The van der Waals surface area contributed by atoms with Crippen LogP contribution < -0.4 is 4.57 Å². The number of fused-ring (bicyclic) bond motifs is 1. The van der Waals surface area contributed by atoms with E-state index < -0.39 is 0 Å². The van der Waals surface area contributed by atoms with E-state index in [-0.39, 0.29) is 0 Å². The van der Waals surface area contributed by atoms with Crippen LogP contribution in [0.5, 0.6) is 0 Å². The summed E-state index contributed by atoms with van der Waals surface area (Å²) in [4.78, 5) is 0. The average Bonchev–Trinajstić information content (AvgIpc) is 2.55. The Morgan fingerprint density at radius 1 is 1.47 bits per heavy atom. The Kier molecular flexibility index (Phi) is 3.08. The molecule has 0 saturated heterocycles. The Balaban J connectivity index is 2.73. The predicted molar refractivity (Wildman–Crippen MR) is 67.4 cm³/mol. The van der Waals surface area contributed by atoms with Crippen LogP contribution >= 0.6 is 22.9 Å². The maximum absolute atomic E-state index is 6.01. The van der Waals surface area contributed by atoms with E-state index in [1.54, 1.807) is 11.3 Å². The summed E-state index contributed by atoms with van der Waals surface area (Å²) < 4.78 is 3.57. The van der Waals surface area contributed by atoms with Crippen molar-refractivity contribution in [2.75, 3.05) is 0 Å². The fourth-order valence-corrected chi connectivity index (χ4v) is 3.01. The summed E-state index contributed by atoms with van der Waals surface area (Å²) in [5.41, 5.74) is 1.23. The van der Waals surface area contributed by atoms with Gasteiger partial charge in [-0.15, -0.1) is 0 Å². The van der Waals surface area contributed by atoms with Gasteiger partial charge in [-0.25, -0.2) is 0 Å². The van der Waals surface area contributed by atoms with Crippen molar-refractivity contribution in [1.29, 1.82) is 0 Å². The molecule has 78 valence electrons. The summed E-state index contributed by atoms with van der Waals surface area (Å²) >= 11 is 7.81. The van der Waals surface area contributed by atoms with Gasteiger partial charge in [-0.2, -0.15) is 4.57 Å². The van der Waals surface area contributed by atoms with Crippen molar-refractivity contribution in [2.45, 2.75) is 20.4 Å². The molecule has 0 saturated carbocycles. The van der Waals surface area contributed by atoms with Crippen LogP contribution in [-0.2, 0) is 6.54 Å². The van der Waals surface area contributed by atoms with Crippen molar-refractivity contribution < 1.29 is 4.57 Å². The van der Waals surface area contributed by atoms with Crippen LogP contribution in [0.1, 0.15) is 18.9 Å². The molecule has 0 unspecified atom stereocenters. The second-order valence-electron chi connectivity index (χ2n) is 3.30. The summed E-state index contributed by atoms with van der Waals surface area (Å²) in [6.45, 7) is 5.16. The fraction of sp³-hybridized carbons (Fsp3) is 0.250. The van der Waals surface area contributed by atoms with E-state index in [0.717, 1.165) is 11.6 Å². The van der Waals surface area contributed by atoms with E-state index in [1.165, 1.54) is 15.2 Å². The van der Waals surface area contributed by atoms with Crippen molar-refractivity contribution >= 4 is 39.2 Å². The number of aryl methyl sites for hydroxylation is 1. The largest absolute Gasteiger partial charge is 0.262 e. The highest BCUT2D eigenvalue weighted by Gasteiger charge is 2.16. The number of rotatable bonds is 2. The molecule has 0 atom stereocenters. The van der Waals surface area contributed by atoms with E-state index in [9.17, 15) is 0 Å². The molecule has 2 rings (SSSR count). The van der Waals surface area contributed by atoms with E-state index in [2.05, 4.69) is 29.7 Å². The summed E-state index contributed by atoms with van der Waals surface area (Å²) in [6.07, 6.45) is 4.21. The molecule has 0 aliphatic carbocycles. The summed E-state index contributed by atoms with van der Waals surface area (Å²) in [5.74, 6) is 0. The van der Waals surface area contributed by atoms with Gasteiger partial charge in [0.15, 0.2) is 0 Å². The van der Waals surface area contributed by atoms with Crippen LogP contribution in [0.3, 0.4) is 0 Å². The average molecular weight is 239 g/mol. The number of aromatic nitrogens is 1. The molecule has 0 radical (unpaired) electrons. The Morgan fingerprint density at radius 2 is 2.27 bits per heavy atom. The molecular weight excluding hydrogens is 226 g/mol. The summed E-state index contributed by atoms with van der Waals surface area (Å²) in [6, 6.07) is 6.06. The number of hydrogen-bond donors (Lipinski definition) is 0. The highest BCUT2D eigenvalue weighted by molar-refractivity contribution is 7.18. The van der Waals surface area contributed by atoms with Crippen molar-refractivity contribution in [1.82, 2.24) is 0 Å². The normalized spacial score (nSPS) is 11.7. The summed E-state index contributed by atoms with van der Waals surface area (Å²) in [7, 11) is 0. The Morgan fingerprint density at radius 3 is 2.93 bits per heavy atom. The summed E-state index contributed by atoms with van der Waals surface area (Å²) in [5, 5.41) is 2.08. The quantitative estimate of drug-likeness (QED) is 0.699. The van der Waals surface area contributed by atoms with E-state index >= 15 is 0 Å². The Labute approximate surface area is 98.6 Å². The van der Waals surface area contributed by atoms with Gasteiger partial charge < -0.3 is 0 Å². The lowest BCUT2D eigenvalue weighted by Crippen LogP contribution is -2.33. The highest BCUT2D eigenvalue weighted by atomic mass is 35.5. The minimum absolute atomic E-state index is 0.800. The lowest BCUT2D eigenvalue weighted by molar-refractivity contribution is -0.665. The van der Waals surface area contributed by atoms with Crippen LogP contribution in [0.2, 0.25) is 5.02 Å².